The molecule has 0 saturated carbocycles. The molecule has 0 aliphatic rings. The molecule has 0 spiro atoms. The maximum absolute atomic E-state index is 12.5. The molecule has 3 aromatic rings. The van der Waals surface area contributed by atoms with Gasteiger partial charge in [0.2, 0.25) is 5.91 Å². The lowest BCUT2D eigenvalue weighted by Crippen LogP contribution is -2.25. The zero-order valence-corrected chi connectivity index (χ0v) is 17.7. The zero-order valence-electron chi connectivity index (χ0n) is 16.9. The van der Waals surface area contributed by atoms with Crippen molar-refractivity contribution in [3.05, 3.63) is 70.9 Å². The Morgan fingerprint density at radius 1 is 1.17 bits per heavy atom. The van der Waals surface area contributed by atoms with Crippen molar-refractivity contribution in [3.63, 3.8) is 0 Å². The van der Waals surface area contributed by atoms with Gasteiger partial charge in [0, 0.05) is 30.3 Å². The Morgan fingerprint density at radius 3 is 2.38 bits per heavy atom. The van der Waals surface area contributed by atoms with Crippen LogP contribution in [0.3, 0.4) is 0 Å². The minimum atomic E-state index is -0.355. The first-order chi connectivity index (χ1) is 13.8. The molecular formula is C23H24ClN3O2. The van der Waals surface area contributed by atoms with Gasteiger partial charge in [0.05, 0.1) is 17.8 Å². The first kappa shape index (κ1) is 20.8. The molecule has 6 heteroatoms. The third kappa shape index (κ3) is 4.11. The summed E-state index contributed by atoms with van der Waals surface area (Å²) in [4.78, 5) is 18.6. The number of ether oxygens (including phenoxy) is 1. The van der Waals surface area contributed by atoms with Crippen LogP contribution in [-0.4, -0.2) is 18.0 Å². The third-order valence-electron chi connectivity index (χ3n) is 4.78. The number of para-hydroxylation sites is 1. The van der Waals surface area contributed by atoms with Crippen LogP contribution in [0.4, 0.5) is 11.5 Å². The second kappa shape index (κ2) is 8.64. The fourth-order valence-electron chi connectivity index (χ4n) is 3.34. The van der Waals surface area contributed by atoms with Gasteiger partial charge in [-0.05, 0) is 43.2 Å². The molecule has 2 N–H and O–H groups in total. The number of anilines is 2. The summed E-state index contributed by atoms with van der Waals surface area (Å²) in [5.74, 6) is 0.952. The van der Waals surface area contributed by atoms with Crippen LogP contribution in [0.2, 0.25) is 5.02 Å². The van der Waals surface area contributed by atoms with Gasteiger partial charge in [-0.1, -0.05) is 41.9 Å². The quantitative estimate of drug-likeness (QED) is 0.610. The number of benzene rings is 2. The summed E-state index contributed by atoms with van der Waals surface area (Å²) in [6.07, 6.45) is 1.72. The van der Waals surface area contributed by atoms with E-state index in [9.17, 15) is 4.79 Å². The normalized spacial score (nSPS) is 11.8. The molecule has 5 nitrogen and oxygen atoms in total. The Kier molecular flexibility index (Phi) is 6.20. The lowest BCUT2D eigenvalue weighted by molar-refractivity contribution is -0.115. The average Bonchev–Trinajstić information content (AvgIpc) is 2.70. The second-order valence-corrected chi connectivity index (χ2v) is 7.26. The number of nitrogens with two attached hydrogens (primary N) is 1. The van der Waals surface area contributed by atoms with Gasteiger partial charge in [-0.2, -0.15) is 0 Å². The number of hydrogen-bond acceptors (Lipinski definition) is 4. The number of amides is 1. The highest BCUT2D eigenvalue weighted by molar-refractivity contribution is 6.35. The van der Waals surface area contributed by atoms with Crippen LogP contribution in [0.1, 0.15) is 31.0 Å². The topological polar surface area (TPSA) is 68.5 Å². The molecule has 0 saturated heterocycles. The van der Waals surface area contributed by atoms with E-state index in [0.717, 1.165) is 33.7 Å². The Morgan fingerprint density at radius 2 is 1.83 bits per heavy atom. The van der Waals surface area contributed by atoms with Crippen molar-refractivity contribution in [1.82, 2.24) is 4.98 Å². The van der Waals surface area contributed by atoms with Crippen molar-refractivity contribution >= 4 is 29.0 Å². The van der Waals surface area contributed by atoms with Gasteiger partial charge in [-0.25, -0.2) is 4.98 Å². The lowest BCUT2D eigenvalue weighted by atomic mass is 9.97. The van der Waals surface area contributed by atoms with Gasteiger partial charge in [-0.15, -0.1) is 0 Å². The largest absolute Gasteiger partial charge is 0.497 e. The number of pyridine rings is 1. The molecule has 0 fully saturated rings. The van der Waals surface area contributed by atoms with Crippen LogP contribution in [-0.2, 0) is 4.79 Å². The van der Waals surface area contributed by atoms with Gasteiger partial charge in [-0.3, -0.25) is 9.69 Å². The van der Waals surface area contributed by atoms with Gasteiger partial charge in [0.15, 0.2) is 5.82 Å². The summed E-state index contributed by atoms with van der Waals surface area (Å²) in [5.41, 5.74) is 10.4. The van der Waals surface area contributed by atoms with Crippen LogP contribution in [0.5, 0.6) is 5.75 Å². The molecule has 3 rings (SSSR count). The highest BCUT2D eigenvalue weighted by Crippen LogP contribution is 2.40. The van der Waals surface area contributed by atoms with Crippen LogP contribution in [0.25, 0.3) is 11.1 Å². The number of aryl methyl sites for hydroxylation is 1. The van der Waals surface area contributed by atoms with E-state index >= 15 is 0 Å². The maximum Gasteiger partial charge on any atom is 0.229 e. The molecule has 0 aliphatic heterocycles. The first-order valence-electron chi connectivity index (χ1n) is 9.29. The van der Waals surface area contributed by atoms with Crippen LogP contribution in [0, 0.1) is 6.92 Å². The average molecular weight is 410 g/mol. The number of rotatable bonds is 5. The number of methoxy groups -OCH3 is 1. The summed E-state index contributed by atoms with van der Waals surface area (Å²) in [6.45, 7) is 5.30. The van der Waals surface area contributed by atoms with E-state index in [4.69, 9.17) is 22.1 Å². The van der Waals surface area contributed by atoms with E-state index in [1.807, 2.05) is 62.4 Å². The van der Waals surface area contributed by atoms with Crippen molar-refractivity contribution in [1.29, 1.82) is 0 Å². The molecule has 1 unspecified atom stereocenters. The van der Waals surface area contributed by atoms with Crippen molar-refractivity contribution in [2.24, 2.45) is 5.73 Å². The van der Waals surface area contributed by atoms with Gasteiger partial charge in [0.25, 0.3) is 0 Å². The number of aromatic nitrogens is 1. The number of nitrogens with zero attached hydrogens (tertiary/aromatic N) is 2. The molecule has 1 heterocycles. The fourth-order valence-corrected chi connectivity index (χ4v) is 3.75. The van der Waals surface area contributed by atoms with Crippen molar-refractivity contribution in [2.75, 3.05) is 12.0 Å². The van der Waals surface area contributed by atoms with Crippen molar-refractivity contribution in [3.8, 4) is 16.9 Å². The molecule has 2 aromatic carbocycles. The van der Waals surface area contributed by atoms with Crippen LogP contribution >= 0.6 is 11.6 Å². The Hall–Kier alpha value is -2.89. The number of halogens is 1. The Labute approximate surface area is 176 Å². The minimum absolute atomic E-state index is 0.179. The van der Waals surface area contributed by atoms with Gasteiger partial charge in [0.1, 0.15) is 5.75 Å². The monoisotopic (exact) mass is 409 g/mol. The number of carbonyl (C=O) groups is 1. The Balaban J connectivity index is 2.19. The van der Waals surface area contributed by atoms with Gasteiger partial charge < -0.3 is 10.5 Å². The lowest BCUT2D eigenvalue weighted by Gasteiger charge is -2.26. The highest BCUT2D eigenvalue weighted by atomic mass is 35.5. The van der Waals surface area contributed by atoms with Crippen molar-refractivity contribution in [2.45, 2.75) is 26.8 Å². The van der Waals surface area contributed by atoms with E-state index in [0.29, 0.717) is 10.8 Å². The van der Waals surface area contributed by atoms with Gasteiger partial charge >= 0.3 is 0 Å². The molecule has 1 atom stereocenters. The molecule has 29 heavy (non-hydrogen) atoms. The summed E-state index contributed by atoms with van der Waals surface area (Å²) >= 11 is 6.80. The summed E-state index contributed by atoms with van der Waals surface area (Å²) in [6, 6.07) is 14.9. The Bertz CT molecular complexity index is 1030. The number of carbonyl (C=O) groups excluding carboxylic acids is 1. The van der Waals surface area contributed by atoms with E-state index < -0.39 is 0 Å². The summed E-state index contributed by atoms with van der Waals surface area (Å²) in [7, 11) is 1.62. The zero-order chi connectivity index (χ0) is 21.1. The molecule has 0 radical (unpaired) electrons. The van der Waals surface area contributed by atoms with Crippen molar-refractivity contribution < 1.29 is 9.53 Å². The van der Waals surface area contributed by atoms with E-state index in [1.54, 1.807) is 13.3 Å². The van der Waals surface area contributed by atoms with E-state index in [2.05, 4.69) is 4.98 Å². The SMILES string of the molecule is COc1ccc(-c2cnc(N(C(C)=O)c3ccccc3C)c(Cl)c2C(C)N)cc1. The second-order valence-electron chi connectivity index (χ2n) is 6.88. The highest BCUT2D eigenvalue weighted by Gasteiger charge is 2.25. The van der Waals surface area contributed by atoms with E-state index in [1.165, 1.54) is 11.8 Å². The summed E-state index contributed by atoms with van der Waals surface area (Å²) in [5, 5.41) is 0.367. The third-order valence-corrected chi connectivity index (χ3v) is 5.15. The van der Waals surface area contributed by atoms with E-state index in [-0.39, 0.29) is 11.9 Å². The molecule has 1 aromatic heterocycles. The summed E-state index contributed by atoms with van der Waals surface area (Å²) < 4.78 is 5.23. The van der Waals surface area contributed by atoms with Crippen LogP contribution < -0.4 is 15.4 Å². The molecule has 0 aliphatic carbocycles. The van der Waals surface area contributed by atoms with Crippen LogP contribution in [0.15, 0.2) is 54.7 Å². The molecule has 1 amide bonds. The standard InChI is InChI=1S/C23H24ClN3O2/c1-14-7-5-6-8-20(14)27(16(3)28)23-22(24)21(15(2)25)19(13-26-23)17-9-11-18(29-4)12-10-17/h5-13,15H,25H2,1-4H3. The predicted octanol–water partition coefficient (Wildman–Crippen LogP) is 5.42. The smallest absolute Gasteiger partial charge is 0.229 e. The maximum atomic E-state index is 12.5. The minimum Gasteiger partial charge on any atom is -0.497 e. The molecule has 0 bridgehead atoms. The molecule has 150 valence electrons. The molecular weight excluding hydrogens is 386 g/mol. The number of hydrogen-bond donors (Lipinski definition) is 1. The first-order valence-corrected chi connectivity index (χ1v) is 9.67. The predicted molar refractivity (Wildman–Crippen MR) is 118 cm³/mol. The fraction of sp³-hybridized carbons (Fsp3) is 0.217.